The monoisotopic (exact) mass is 233 g/mol. The van der Waals surface area contributed by atoms with E-state index in [1.165, 1.54) is 0 Å². The summed E-state index contributed by atoms with van der Waals surface area (Å²) in [5, 5.41) is 0. The van der Waals surface area contributed by atoms with Gasteiger partial charge in [0.05, 0.1) is 6.54 Å². The standard InChI is InChI=1S/C13H15NO3/c1-9(2)11-6-13-12(16-3-4-17-13)5-10(11)7-14-8-15/h5-6,9H,3-4,7H2,1-2H3. The Balaban J connectivity index is 2.43. The van der Waals surface area contributed by atoms with Gasteiger partial charge in [-0.05, 0) is 29.2 Å². The van der Waals surface area contributed by atoms with Crippen molar-refractivity contribution in [3.8, 4) is 11.5 Å². The van der Waals surface area contributed by atoms with Crippen molar-refractivity contribution in [2.45, 2.75) is 26.3 Å². The van der Waals surface area contributed by atoms with Crippen molar-refractivity contribution in [2.24, 2.45) is 4.99 Å². The summed E-state index contributed by atoms with van der Waals surface area (Å²) < 4.78 is 11.1. The van der Waals surface area contributed by atoms with Crippen LogP contribution in [0.4, 0.5) is 0 Å². The van der Waals surface area contributed by atoms with Gasteiger partial charge in [-0.2, -0.15) is 0 Å². The zero-order valence-electron chi connectivity index (χ0n) is 10.0. The van der Waals surface area contributed by atoms with Crippen molar-refractivity contribution >= 4 is 6.08 Å². The molecule has 0 saturated carbocycles. The largest absolute Gasteiger partial charge is 0.486 e. The molecule has 2 rings (SSSR count). The van der Waals surface area contributed by atoms with Gasteiger partial charge in [0.25, 0.3) is 0 Å². The number of carbonyl (C=O) groups excluding carboxylic acids is 1. The summed E-state index contributed by atoms with van der Waals surface area (Å²) >= 11 is 0. The molecule has 1 heterocycles. The van der Waals surface area contributed by atoms with Crippen LogP contribution in [0, 0.1) is 0 Å². The molecule has 0 unspecified atom stereocenters. The Labute approximate surface area is 100 Å². The summed E-state index contributed by atoms with van der Waals surface area (Å²) in [5.41, 5.74) is 2.13. The average Bonchev–Trinajstić information content (AvgIpc) is 2.35. The molecule has 4 heteroatoms. The molecule has 0 fully saturated rings. The summed E-state index contributed by atoms with van der Waals surface area (Å²) in [5.74, 6) is 1.86. The van der Waals surface area contributed by atoms with Crippen LogP contribution in [0.15, 0.2) is 17.1 Å². The van der Waals surface area contributed by atoms with E-state index in [2.05, 4.69) is 18.8 Å². The van der Waals surface area contributed by atoms with Crippen LogP contribution in [0.2, 0.25) is 0 Å². The fourth-order valence-corrected chi connectivity index (χ4v) is 1.94. The van der Waals surface area contributed by atoms with E-state index in [1.807, 2.05) is 12.1 Å². The first-order valence-electron chi connectivity index (χ1n) is 5.68. The zero-order valence-corrected chi connectivity index (χ0v) is 10.0. The van der Waals surface area contributed by atoms with Crippen LogP contribution in [0.1, 0.15) is 30.9 Å². The van der Waals surface area contributed by atoms with Gasteiger partial charge < -0.3 is 9.47 Å². The number of rotatable bonds is 3. The highest BCUT2D eigenvalue weighted by molar-refractivity contribution is 5.49. The lowest BCUT2D eigenvalue weighted by Gasteiger charge is -2.21. The van der Waals surface area contributed by atoms with E-state index in [-0.39, 0.29) is 0 Å². The third-order valence-corrected chi connectivity index (χ3v) is 2.74. The van der Waals surface area contributed by atoms with Crippen molar-refractivity contribution in [1.29, 1.82) is 0 Å². The molecule has 0 aliphatic carbocycles. The predicted molar refractivity (Wildman–Crippen MR) is 63.3 cm³/mol. The van der Waals surface area contributed by atoms with Crippen LogP contribution in [0.3, 0.4) is 0 Å². The van der Waals surface area contributed by atoms with Crippen molar-refractivity contribution in [3.63, 3.8) is 0 Å². The van der Waals surface area contributed by atoms with Gasteiger partial charge in [0, 0.05) is 0 Å². The van der Waals surface area contributed by atoms with Gasteiger partial charge >= 0.3 is 0 Å². The maximum absolute atomic E-state index is 10.2. The Morgan fingerprint density at radius 3 is 2.53 bits per heavy atom. The number of fused-ring (bicyclic) bond motifs is 1. The first kappa shape index (κ1) is 11.7. The minimum Gasteiger partial charge on any atom is -0.486 e. The molecule has 0 radical (unpaired) electrons. The molecule has 17 heavy (non-hydrogen) atoms. The molecule has 0 aromatic heterocycles. The van der Waals surface area contributed by atoms with Crippen LogP contribution >= 0.6 is 0 Å². The van der Waals surface area contributed by atoms with Gasteiger partial charge in [0.15, 0.2) is 11.5 Å². The molecule has 0 amide bonds. The van der Waals surface area contributed by atoms with Crippen LogP contribution in [0.25, 0.3) is 0 Å². The summed E-state index contributed by atoms with van der Waals surface area (Å²) in [6, 6.07) is 3.89. The average molecular weight is 233 g/mol. The minimum absolute atomic E-state index is 0.341. The zero-order chi connectivity index (χ0) is 12.3. The minimum atomic E-state index is 0.341. The molecule has 0 spiro atoms. The summed E-state index contributed by atoms with van der Waals surface area (Å²) in [6.45, 7) is 5.67. The first-order valence-corrected chi connectivity index (χ1v) is 5.68. The normalized spacial score (nSPS) is 13.4. The number of hydrogen-bond donors (Lipinski definition) is 0. The Hall–Kier alpha value is -1.80. The van der Waals surface area contributed by atoms with E-state index in [1.54, 1.807) is 6.08 Å². The number of ether oxygens (including phenoxy) is 2. The first-order chi connectivity index (χ1) is 8.22. The van der Waals surface area contributed by atoms with Gasteiger partial charge in [-0.3, -0.25) is 0 Å². The second-order valence-electron chi connectivity index (χ2n) is 4.26. The number of benzene rings is 1. The molecule has 1 aromatic rings. The van der Waals surface area contributed by atoms with Crippen LogP contribution in [0.5, 0.6) is 11.5 Å². The van der Waals surface area contributed by atoms with Crippen LogP contribution in [-0.4, -0.2) is 19.3 Å². The molecule has 0 saturated heterocycles. The summed E-state index contributed by atoms with van der Waals surface area (Å²) in [7, 11) is 0. The summed E-state index contributed by atoms with van der Waals surface area (Å²) in [4.78, 5) is 13.8. The van der Waals surface area contributed by atoms with Crippen molar-refractivity contribution < 1.29 is 14.3 Å². The highest BCUT2D eigenvalue weighted by Crippen LogP contribution is 2.36. The molecule has 0 bridgehead atoms. The third kappa shape index (κ3) is 2.48. The van der Waals surface area contributed by atoms with E-state index < -0.39 is 0 Å². The Kier molecular flexibility index (Phi) is 3.45. The molecule has 0 atom stereocenters. The van der Waals surface area contributed by atoms with Gasteiger partial charge in [-0.1, -0.05) is 13.8 Å². The van der Waals surface area contributed by atoms with Gasteiger partial charge in [-0.25, -0.2) is 9.79 Å². The SMILES string of the molecule is CC(C)c1cc2c(cc1CN=C=O)OCCO2. The topological polar surface area (TPSA) is 47.9 Å². The lowest BCUT2D eigenvalue weighted by Crippen LogP contribution is -2.16. The smallest absolute Gasteiger partial charge is 0.235 e. The lowest BCUT2D eigenvalue weighted by atomic mass is 9.96. The predicted octanol–water partition coefficient (Wildman–Crippen LogP) is 2.42. The van der Waals surface area contributed by atoms with Gasteiger partial charge in [0.1, 0.15) is 13.2 Å². The Morgan fingerprint density at radius 1 is 1.29 bits per heavy atom. The van der Waals surface area contributed by atoms with Gasteiger partial charge in [0.2, 0.25) is 6.08 Å². The van der Waals surface area contributed by atoms with E-state index in [0.717, 1.165) is 22.6 Å². The van der Waals surface area contributed by atoms with Crippen LogP contribution < -0.4 is 9.47 Å². The molecular formula is C13H15NO3. The second kappa shape index (κ2) is 5.02. The van der Waals surface area contributed by atoms with Crippen LogP contribution in [-0.2, 0) is 11.3 Å². The fraction of sp³-hybridized carbons (Fsp3) is 0.462. The van der Waals surface area contributed by atoms with Crippen molar-refractivity contribution in [1.82, 2.24) is 0 Å². The number of hydrogen-bond acceptors (Lipinski definition) is 4. The number of isocyanates is 1. The van der Waals surface area contributed by atoms with E-state index in [9.17, 15) is 4.79 Å². The number of nitrogens with zero attached hydrogens (tertiary/aromatic N) is 1. The van der Waals surface area contributed by atoms with E-state index in [0.29, 0.717) is 25.7 Å². The van der Waals surface area contributed by atoms with Crippen molar-refractivity contribution in [3.05, 3.63) is 23.3 Å². The van der Waals surface area contributed by atoms with Crippen molar-refractivity contribution in [2.75, 3.05) is 13.2 Å². The third-order valence-electron chi connectivity index (χ3n) is 2.74. The fourth-order valence-electron chi connectivity index (χ4n) is 1.94. The van der Waals surface area contributed by atoms with E-state index in [4.69, 9.17) is 9.47 Å². The molecule has 1 aliphatic rings. The summed E-state index contributed by atoms with van der Waals surface area (Å²) in [6.07, 6.45) is 1.57. The van der Waals surface area contributed by atoms with E-state index >= 15 is 0 Å². The molecule has 1 aliphatic heterocycles. The molecule has 90 valence electrons. The lowest BCUT2D eigenvalue weighted by molar-refractivity contribution is 0.171. The molecule has 0 N–H and O–H groups in total. The highest BCUT2D eigenvalue weighted by atomic mass is 16.6. The molecular weight excluding hydrogens is 218 g/mol. The maximum atomic E-state index is 10.2. The number of aliphatic imine (C=N–C) groups is 1. The molecule has 4 nitrogen and oxygen atoms in total. The maximum Gasteiger partial charge on any atom is 0.235 e. The van der Waals surface area contributed by atoms with Gasteiger partial charge in [-0.15, -0.1) is 0 Å². The quantitative estimate of drug-likeness (QED) is 0.595. The molecule has 1 aromatic carbocycles. The Bertz CT molecular complexity index is 462. The second-order valence-corrected chi connectivity index (χ2v) is 4.26. The Morgan fingerprint density at radius 2 is 1.94 bits per heavy atom. The highest BCUT2D eigenvalue weighted by Gasteiger charge is 2.17.